The molecule has 2 rings (SSSR count). The first-order chi connectivity index (χ1) is 11.9. The summed E-state index contributed by atoms with van der Waals surface area (Å²) in [6, 6.07) is 3.80. The molecule has 0 radical (unpaired) electrons. The van der Waals surface area contributed by atoms with Crippen LogP contribution in [0, 0.1) is 16.0 Å². The molecule has 0 bridgehead atoms. The highest BCUT2D eigenvalue weighted by atomic mass is 35.5. The van der Waals surface area contributed by atoms with Crippen LogP contribution in [-0.4, -0.2) is 41.3 Å². The molecular formula is C17H22ClN3O4. The van der Waals surface area contributed by atoms with E-state index in [4.69, 9.17) is 11.6 Å². The highest BCUT2D eigenvalue weighted by Crippen LogP contribution is 2.26. The number of unbranched alkanes of at least 4 members (excludes halogenated alkanes) is 1. The van der Waals surface area contributed by atoms with E-state index < -0.39 is 4.92 Å². The zero-order chi connectivity index (χ0) is 18.4. The Labute approximate surface area is 151 Å². The number of non-ortho nitro benzene ring substituents is 1. The Hall–Kier alpha value is -2.15. The van der Waals surface area contributed by atoms with Crippen molar-refractivity contribution < 1.29 is 14.5 Å². The quantitative estimate of drug-likeness (QED) is 0.475. The first-order valence-corrected chi connectivity index (χ1v) is 8.82. The second kappa shape index (κ2) is 8.80. The summed E-state index contributed by atoms with van der Waals surface area (Å²) >= 11 is 6.04. The number of piperidine rings is 1. The maximum Gasteiger partial charge on any atom is 0.270 e. The number of benzene rings is 1. The zero-order valence-corrected chi connectivity index (χ0v) is 14.9. The lowest BCUT2D eigenvalue weighted by Gasteiger charge is -2.32. The predicted octanol–water partition coefficient (Wildman–Crippen LogP) is 3.02. The van der Waals surface area contributed by atoms with E-state index in [1.54, 1.807) is 4.90 Å². The van der Waals surface area contributed by atoms with Crippen molar-refractivity contribution >= 4 is 29.1 Å². The number of nitrogens with one attached hydrogen (secondary N) is 1. The highest BCUT2D eigenvalue weighted by molar-refractivity contribution is 6.34. The van der Waals surface area contributed by atoms with Gasteiger partial charge in [-0.3, -0.25) is 19.7 Å². The van der Waals surface area contributed by atoms with Gasteiger partial charge in [0.15, 0.2) is 0 Å². The Bertz CT molecular complexity index is 665. The van der Waals surface area contributed by atoms with Crippen molar-refractivity contribution in [3.63, 3.8) is 0 Å². The summed E-state index contributed by atoms with van der Waals surface area (Å²) in [6.45, 7) is 3.59. The molecule has 1 heterocycles. The van der Waals surface area contributed by atoms with Gasteiger partial charge in [0.25, 0.3) is 11.6 Å². The molecule has 1 aliphatic rings. The lowest BCUT2D eigenvalue weighted by Crippen LogP contribution is -2.45. The third-order valence-corrected chi connectivity index (χ3v) is 4.62. The molecule has 1 fully saturated rings. The number of halogens is 1. The highest BCUT2D eigenvalue weighted by Gasteiger charge is 2.29. The van der Waals surface area contributed by atoms with Gasteiger partial charge >= 0.3 is 0 Å². The van der Waals surface area contributed by atoms with E-state index in [0.29, 0.717) is 19.6 Å². The third-order valence-electron chi connectivity index (χ3n) is 4.30. The number of nitro benzene ring substituents is 1. The molecule has 1 unspecified atom stereocenters. The Morgan fingerprint density at radius 3 is 2.84 bits per heavy atom. The normalized spacial score (nSPS) is 17.2. The smallest absolute Gasteiger partial charge is 0.270 e. The van der Waals surface area contributed by atoms with Crippen LogP contribution in [0.5, 0.6) is 0 Å². The first kappa shape index (κ1) is 19.2. The Morgan fingerprint density at radius 2 is 2.20 bits per heavy atom. The minimum Gasteiger partial charge on any atom is -0.356 e. The van der Waals surface area contributed by atoms with Crippen LogP contribution in [-0.2, 0) is 4.79 Å². The molecule has 0 spiro atoms. The maximum atomic E-state index is 12.7. The first-order valence-electron chi connectivity index (χ1n) is 8.45. The number of nitrogens with zero attached hydrogens (tertiary/aromatic N) is 2. The Kier molecular flexibility index (Phi) is 6.75. The Balaban J connectivity index is 2.04. The van der Waals surface area contributed by atoms with Crippen LogP contribution in [0.2, 0.25) is 5.02 Å². The fourth-order valence-corrected chi connectivity index (χ4v) is 3.13. The van der Waals surface area contributed by atoms with Gasteiger partial charge in [-0.15, -0.1) is 0 Å². The van der Waals surface area contributed by atoms with E-state index in [1.807, 2.05) is 0 Å². The minimum absolute atomic E-state index is 0.0271. The molecule has 25 heavy (non-hydrogen) atoms. The van der Waals surface area contributed by atoms with Crippen LogP contribution >= 0.6 is 11.6 Å². The van der Waals surface area contributed by atoms with Crippen LogP contribution < -0.4 is 5.32 Å². The van der Waals surface area contributed by atoms with E-state index in [9.17, 15) is 19.7 Å². The molecule has 1 N–H and O–H groups in total. The van der Waals surface area contributed by atoms with E-state index in [1.165, 1.54) is 18.2 Å². The summed E-state index contributed by atoms with van der Waals surface area (Å²) in [5.74, 6) is -0.557. The summed E-state index contributed by atoms with van der Waals surface area (Å²) in [4.78, 5) is 36.7. The number of hydrogen-bond donors (Lipinski definition) is 1. The summed E-state index contributed by atoms with van der Waals surface area (Å²) in [5, 5.41) is 13.7. The number of hydrogen-bond acceptors (Lipinski definition) is 4. The topological polar surface area (TPSA) is 92.6 Å². The fourth-order valence-electron chi connectivity index (χ4n) is 2.87. The van der Waals surface area contributed by atoms with Gasteiger partial charge in [0.2, 0.25) is 5.91 Å². The van der Waals surface area contributed by atoms with Crippen molar-refractivity contribution in [2.75, 3.05) is 19.6 Å². The number of carbonyl (C=O) groups excluding carboxylic acids is 2. The molecule has 1 aromatic rings. The van der Waals surface area contributed by atoms with Gasteiger partial charge in [0.05, 0.1) is 21.4 Å². The van der Waals surface area contributed by atoms with E-state index in [2.05, 4.69) is 12.2 Å². The molecule has 1 saturated heterocycles. The zero-order valence-electron chi connectivity index (χ0n) is 14.2. The molecule has 8 heteroatoms. The van der Waals surface area contributed by atoms with Crippen molar-refractivity contribution in [1.29, 1.82) is 0 Å². The molecule has 1 aliphatic heterocycles. The van der Waals surface area contributed by atoms with E-state index >= 15 is 0 Å². The van der Waals surface area contributed by atoms with Gasteiger partial charge in [-0.2, -0.15) is 0 Å². The minimum atomic E-state index is -0.558. The van der Waals surface area contributed by atoms with Gasteiger partial charge in [-0.25, -0.2) is 0 Å². The number of rotatable bonds is 6. The van der Waals surface area contributed by atoms with Gasteiger partial charge in [0, 0.05) is 31.8 Å². The van der Waals surface area contributed by atoms with E-state index in [-0.39, 0.29) is 34.0 Å². The van der Waals surface area contributed by atoms with Gasteiger partial charge < -0.3 is 10.2 Å². The SMILES string of the molecule is CCCCNC(=O)C1CCCN(C(=O)c2ccc([N+](=O)[O-])cc2Cl)C1. The summed E-state index contributed by atoms with van der Waals surface area (Å²) in [7, 11) is 0. The third kappa shape index (κ3) is 4.92. The number of amides is 2. The lowest BCUT2D eigenvalue weighted by molar-refractivity contribution is -0.384. The van der Waals surface area contributed by atoms with Crippen molar-refractivity contribution in [3.05, 3.63) is 38.9 Å². The second-order valence-electron chi connectivity index (χ2n) is 6.16. The fraction of sp³-hybridized carbons (Fsp3) is 0.529. The number of likely N-dealkylation sites (tertiary alicyclic amines) is 1. The Morgan fingerprint density at radius 1 is 1.44 bits per heavy atom. The number of nitro groups is 1. The van der Waals surface area contributed by atoms with Crippen molar-refractivity contribution in [1.82, 2.24) is 10.2 Å². The van der Waals surface area contributed by atoms with Crippen molar-refractivity contribution in [2.45, 2.75) is 32.6 Å². The molecule has 1 aromatic carbocycles. The van der Waals surface area contributed by atoms with Gasteiger partial charge in [-0.05, 0) is 25.3 Å². The summed E-state index contributed by atoms with van der Waals surface area (Å²) in [5.41, 5.74) is 0.0627. The summed E-state index contributed by atoms with van der Waals surface area (Å²) < 4.78 is 0. The number of carbonyl (C=O) groups is 2. The molecule has 136 valence electrons. The average molecular weight is 368 g/mol. The van der Waals surface area contributed by atoms with Crippen LogP contribution in [0.15, 0.2) is 18.2 Å². The van der Waals surface area contributed by atoms with Gasteiger partial charge in [0.1, 0.15) is 0 Å². The predicted molar refractivity (Wildman–Crippen MR) is 94.7 cm³/mol. The molecule has 0 aromatic heterocycles. The van der Waals surface area contributed by atoms with Crippen LogP contribution in [0.4, 0.5) is 5.69 Å². The standard InChI is InChI=1S/C17H22ClN3O4/c1-2-3-8-19-16(22)12-5-4-9-20(11-12)17(23)14-7-6-13(21(24)25)10-15(14)18/h6-7,10,12H,2-5,8-9,11H2,1H3,(H,19,22). The average Bonchev–Trinajstić information content (AvgIpc) is 2.61. The molecule has 7 nitrogen and oxygen atoms in total. The van der Waals surface area contributed by atoms with Crippen molar-refractivity contribution in [3.8, 4) is 0 Å². The monoisotopic (exact) mass is 367 g/mol. The molecular weight excluding hydrogens is 346 g/mol. The van der Waals surface area contributed by atoms with Crippen LogP contribution in [0.25, 0.3) is 0 Å². The molecule has 1 atom stereocenters. The lowest BCUT2D eigenvalue weighted by atomic mass is 9.96. The summed E-state index contributed by atoms with van der Waals surface area (Å²) in [6.07, 6.45) is 3.42. The van der Waals surface area contributed by atoms with E-state index in [0.717, 1.165) is 25.7 Å². The second-order valence-corrected chi connectivity index (χ2v) is 6.56. The van der Waals surface area contributed by atoms with Gasteiger partial charge in [-0.1, -0.05) is 24.9 Å². The van der Waals surface area contributed by atoms with Crippen LogP contribution in [0.1, 0.15) is 43.0 Å². The molecule has 2 amide bonds. The van der Waals surface area contributed by atoms with Crippen molar-refractivity contribution in [2.24, 2.45) is 5.92 Å². The largest absolute Gasteiger partial charge is 0.356 e. The van der Waals surface area contributed by atoms with Crippen LogP contribution in [0.3, 0.4) is 0 Å². The molecule has 0 saturated carbocycles. The molecule has 0 aliphatic carbocycles. The maximum absolute atomic E-state index is 12.7.